The molecule has 2 atom stereocenters. The molecular weight excluding hydrogens is 552 g/mol. The van der Waals surface area contributed by atoms with Crippen LogP contribution in [0, 0.1) is 5.82 Å². The molecule has 4 aliphatic heterocycles. The first-order chi connectivity index (χ1) is 20.1. The third-order valence-corrected chi connectivity index (χ3v) is 9.37. The summed E-state index contributed by atoms with van der Waals surface area (Å²) < 4.78 is 62.5. The molecule has 0 radical (unpaired) electrons. The molecule has 3 N–H and O–H groups in total. The summed E-state index contributed by atoms with van der Waals surface area (Å²) in [4.78, 5) is 22.2. The molecule has 42 heavy (non-hydrogen) atoms. The van der Waals surface area contributed by atoms with Crippen molar-refractivity contribution in [3.05, 3.63) is 42.4 Å². The molecule has 222 valence electrons. The third-order valence-electron chi connectivity index (χ3n) is 9.37. The van der Waals surface area contributed by atoms with Crippen LogP contribution in [-0.4, -0.2) is 74.7 Å². The van der Waals surface area contributed by atoms with Gasteiger partial charge in [-0.25, -0.2) is 9.37 Å². The Morgan fingerprint density at radius 2 is 1.93 bits per heavy atom. The smallest absolute Gasteiger partial charge is 0.421 e. The van der Waals surface area contributed by atoms with Gasteiger partial charge in [-0.2, -0.15) is 23.1 Å². The fourth-order valence-corrected chi connectivity index (χ4v) is 7.37. The van der Waals surface area contributed by atoms with Gasteiger partial charge in [-0.05, 0) is 57.7 Å². The molecule has 3 aromatic rings. The van der Waals surface area contributed by atoms with Gasteiger partial charge in [0.05, 0.1) is 27.7 Å². The number of piperazine rings is 1. The van der Waals surface area contributed by atoms with Crippen molar-refractivity contribution in [3.8, 4) is 17.4 Å². The number of halogens is 4. The number of nitrogens with zero attached hydrogens (tertiary/aromatic N) is 6. The summed E-state index contributed by atoms with van der Waals surface area (Å²) in [5.41, 5.74) is 3.24. The summed E-state index contributed by atoms with van der Waals surface area (Å²) in [7, 11) is 0. The second-order valence-electron chi connectivity index (χ2n) is 12.0. The summed E-state index contributed by atoms with van der Waals surface area (Å²) in [6, 6.07) is 2.31. The molecular formula is C29H32F4N8O. The lowest BCUT2D eigenvalue weighted by Crippen LogP contribution is -2.58. The van der Waals surface area contributed by atoms with Crippen molar-refractivity contribution in [2.45, 2.75) is 61.8 Å². The number of rotatable bonds is 6. The van der Waals surface area contributed by atoms with E-state index >= 15 is 0 Å². The van der Waals surface area contributed by atoms with E-state index in [4.69, 9.17) is 15.5 Å². The SMILES string of the molecule is C=CC12CCC(CN(c3nc(OCC45CCCN4CCC5)nc4cc(-c5nc(N)cc(F)c5C(F)(F)F)ncc34)C1)N2. The largest absolute Gasteiger partial charge is 0.461 e. The van der Waals surface area contributed by atoms with Gasteiger partial charge >= 0.3 is 12.2 Å². The fraction of sp³-hybridized carbons (Fsp3) is 0.517. The van der Waals surface area contributed by atoms with Gasteiger partial charge in [0.1, 0.15) is 35.3 Å². The highest BCUT2D eigenvalue weighted by Crippen LogP contribution is 2.41. The Labute approximate surface area is 240 Å². The summed E-state index contributed by atoms with van der Waals surface area (Å²) in [6.07, 6.45) is 4.58. The molecule has 2 unspecified atom stereocenters. The van der Waals surface area contributed by atoms with Crippen LogP contribution in [-0.2, 0) is 6.18 Å². The Bertz CT molecular complexity index is 1550. The highest BCUT2D eigenvalue weighted by atomic mass is 19.4. The Morgan fingerprint density at radius 3 is 2.67 bits per heavy atom. The van der Waals surface area contributed by atoms with Crippen LogP contribution < -0.4 is 20.7 Å². The monoisotopic (exact) mass is 584 g/mol. The average Bonchev–Trinajstić information content (AvgIpc) is 3.62. The lowest BCUT2D eigenvalue weighted by atomic mass is 9.95. The minimum absolute atomic E-state index is 0.0481. The van der Waals surface area contributed by atoms with Gasteiger partial charge in [0, 0.05) is 31.4 Å². The molecule has 9 nitrogen and oxygen atoms in total. The number of nitrogen functional groups attached to an aromatic ring is 1. The van der Waals surface area contributed by atoms with Crippen LogP contribution >= 0.6 is 0 Å². The van der Waals surface area contributed by atoms with Gasteiger partial charge in [-0.15, -0.1) is 6.58 Å². The number of hydrogen-bond donors (Lipinski definition) is 2. The van der Waals surface area contributed by atoms with Crippen LogP contribution in [0.25, 0.3) is 22.3 Å². The van der Waals surface area contributed by atoms with Crippen molar-refractivity contribution in [2.24, 2.45) is 0 Å². The number of aromatic nitrogens is 4. The van der Waals surface area contributed by atoms with Crippen LogP contribution in [0.1, 0.15) is 44.1 Å². The maximum absolute atomic E-state index is 14.5. The van der Waals surface area contributed by atoms with Crippen molar-refractivity contribution in [1.82, 2.24) is 30.2 Å². The first-order valence-corrected chi connectivity index (χ1v) is 14.3. The summed E-state index contributed by atoms with van der Waals surface area (Å²) in [5, 5.41) is 4.19. The zero-order valence-corrected chi connectivity index (χ0v) is 23.1. The molecule has 13 heteroatoms. The third kappa shape index (κ3) is 4.53. The van der Waals surface area contributed by atoms with Gasteiger partial charge in [-0.3, -0.25) is 9.88 Å². The van der Waals surface area contributed by atoms with Gasteiger partial charge in [0.2, 0.25) is 0 Å². The molecule has 0 spiro atoms. The Kier molecular flexibility index (Phi) is 6.32. The van der Waals surface area contributed by atoms with Crippen molar-refractivity contribution in [2.75, 3.05) is 43.4 Å². The van der Waals surface area contributed by atoms with E-state index in [1.54, 1.807) is 0 Å². The first-order valence-electron chi connectivity index (χ1n) is 14.3. The maximum atomic E-state index is 14.5. The molecule has 7 heterocycles. The lowest BCUT2D eigenvalue weighted by molar-refractivity contribution is -0.139. The topological polar surface area (TPSA) is 105 Å². The standard InChI is InChI=1S/C29H32F4N8O/c1-2-27-8-5-17(39-27)14-40(15-27)25-18-13-35-21(24-23(29(31,32)33)19(30)11-22(34)37-24)12-20(18)36-26(38-25)42-16-28-6-3-9-41(28)10-4-7-28/h2,11-13,17,39H,1,3-10,14-16H2,(H2,34,37). The lowest BCUT2D eigenvalue weighted by Gasteiger charge is -2.40. The molecule has 0 amide bonds. The molecule has 2 bridgehead atoms. The van der Waals surface area contributed by atoms with E-state index in [9.17, 15) is 17.6 Å². The van der Waals surface area contributed by atoms with E-state index in [0.717, 1.165) is 51.6 Å². The van der Waals surface area contributed by atoms with Gasteiger partial charge in [0.25, 0.3) is 0 Å². The first kappa shape index (κ1) is 27.3. The second kappa shape index (κ2) is 9.73. The fourth-order valence-electron chi connectivity index (χ4n) is 7.37. The van der Waals surface area contributed by atoms with Gasteiger partial charge in [0.15, 0.2) is 0 Å². The highest BCUT2D eigenvalue weighted by Gasteiger charge is 2.46. The van der Waals surface area contributed by atoms with Crippen molar-refractivity contribution in [3.63, 3.8) is 0 Å². The van der Waals surface area contributed by atoms with E-state index in [0.29, 0.717) is 42.5 Å². The average molecular weight is 585 g/mol. The van der Waals surface area contributed by atoms with Gasteiger partial charge in [-0.1, -0.05) is 6.08 Å². The normalized spacial score (nSPS) is 25.2. The number of hydrogen-bond acceptors (Lipinski definition) is 9. The zero-order valence-electron chi connectivity index (χ0n) is 23.1. The molecule has 0 aromatic carbocycles. The number of nitrogens with one attached hydrogen (secondary N) is 1. The van der Waals surface area contributed by atoms with E-state index in [-0.39, 0.29) is 34.6 Å². The van der Waals surface area contributed by atoms with Crippen molar-refractivity contribution < 1.29 is 22.3 Å². The summed E-state index contributed by atoms with van der Waals surface area (Å²) in [5.74, 6) is -1.31. The minimum Gasteiger partial charge on any atom is -0.461 e. The zero-order chi connectivity index (χ0) is 29.3. The van der Waals surface area contributed by atoms with Crippen LogP contribution in [0.15, 0.2) is 31.0 Å². The second-order valence-corrected chi connectivity index (χ2v) is 12.0. The number of alkyl halides is 3. The predicted molar refractivity (Wildman–Crippen MR) is 150 cm³/mol. The molecule has 4 aliphatic rings. The molecule has 0 saturated carbocycles. The molecule has 4 fully saturated rings. The molecule has 3 aromatic heterocycles. The van der Waals surface area contributed by atoms with Crippen LogP contribution in [0.3, 0.4) is 0 Å². The van der Waals surface area contributed by atoms with Crippen molar-refractivity contribution in [1.29, 1.82) is 0 Å². The Balaban J connectivity index is 1.33. The maximum Gasteiger partial charge on any atom is 0.421 e. The number of anilines is 2. The van der Waals surface area contributed by atoms with E-state index in [1.807, 2.05) is 6.08 Å². The summed E-state index contributed by atoms with van der Waals surface area (Å²) in [6.45, 7) is 7.85. The molecule has 0 aliphatic carbocycles. The highest BCUT2D eigenvalue weighted by molar-refractivity contribution is 5.91. The van der Waals surface area contributed by atoms with Crippen LogP contribution in [0.4, 0.5) is 29.2 Å². The number of fused-ring (bicyclic) bond motifs is 4. The van der Waals surface area contributed by atoms with E-state index in [1.165, 1.54) is 12.3 Å². The molecule has 4 saturated heterocycles. The van der Waals surface area contributed by atoms with E-state index < -0.39 is 23.3 Å². The van der Waals surface area contributed by atoms with Crippen LogP contribution in [0.5, 0.6) is 6.01 Å². The Morgan fingerprint density at radius 1 is 1.14 bits per heavy atom. The Hall–Kier alpha value is -3.58. The van der Waals surface area contributed by atoms with Crippen molar-refractivity contribution >= 4 is 22.5 Å². The number of nitrogens with two attached hydrogens (primary N) is 1. The number of pyridine rings is 2. The van der Waals surface area contributed by atoms with E-state index in [2.05, 4.69) is 36.6 Å². The molecule has 7 rings (SSSR count). The predicted octanol–water partition coefficient (Wildman–Crippen LogP) is 4.33. The summed E-state index contributed by atoms with van der Waals surface area (Å²) >= 11 is 0. The minimum atomic E-state index is -5.01. The quantitative estimate of drug-likeness (QED) is 0.324. The number of ether oxygens (including phenoxy) is 1. The van der Waals surface area contributed by atoms with Crippen LogP contribution in [0.2, 0.25) is 0 Å². The van der Waals surface area contributed by atoms with Gasteiger partial charge < -0.3 is 20.7 Å².